The van der Waals surface area contributed by atoms with E-state index in [0.717, 1.165) is 5.57 Å². The quantitative estimate of drug-likeness (QED) is 0.0429. The molecule has 58 heavy (non-hydrogen) atoms. The molecule has 17 heteroatoms. The number of fused-ring (bicyclic) bond motifs is 5. The van der Waals surface area contributed by atoms with Crippen LogP contribution in [-0.4, -0.2) is 88.2 Å². The van der Waals surface area contributed by atoms with E-state index in [2.05, 4.69) is 10.2 Å². The zero-order valence-electron chi connectivity index (χ0n) is 33.3. The van der Waals surface area contributed by atoms with Crippen LogP contribution in [0.5, 0.6) is 5.75 Å². The molecule has 1 aromatic carbocycles. The molecule has 1 amide bonds. The van der Waals surface area contributed by atoms with Crippen molar-refractivity contribution in [2.45, 2.75) is 109 Å². The molecule has 1 aromatic rings. The maximum atomic E-state index is 14.5. The molecule has 9 atom stereocenters. The van der Waals surface area contributed by atoms with Gasteiger partial charge in [0.2, 0.25) is 11.7 Å². The summed E-state index contributed by atoms with van der Waals surface area (Å²) >= 11 is 7.57. The Morgan fingerprint density at radius 1 is 1.07 bits per heavy atom. The van der Waals surface area contributed by atoms with Crippen LogP contribution >= 0.6 is 11.6 Å². The zero-order chi connectivity index (χ0) is 42.6. The third-order valence-corrected chi connectivity index (χ3v) is 13.6. The summed E-state index contributed by atoms with van der Waals surface area (Å²) in [5.41, 5.74) is -2.26. The molecule has 0 aromatic heterocycles. The normalized spacial score (nSPS) is 31.3. The van der Waals surface area contributed by atoms with Crippen molar-refractivity contribution < 1.29 is 62.7 Å². The molecular weight excluding hydrogens is 780 g/mol. The summed E-state index contributed by atoms with van der Waals surface area (Å²) < 4.78 is 22.1. The number of nitrogens with one attached hydrogen (secondary N) is 1. The van der Waals surface area contributed by atoms with Gasteiger partial charge in [-0.3, -0.25) is 19.2 Å². The monoisotopic (exact) mass is 830 g/mol. The number of nitrogens with zero attached hydrogens (tertiary/aromatic N) is 1. The Balaban J connectivity index is 1.25. The van der Waals surface area contributed by atoms with Gasteiger partial charge in [-0.1, -0.05) is 51.5 Å². The molecule has 3 fully saturated rings. The molecule has 4 aliphatic carbocycles. The lowest BCUT2D eigenvalue weighted by Crippen LogP contribution is -2.69. The van der Waals surface area contributed by atoms with Crippen molar-refractivity contribution in [1.29, 1.82) is 0 Å². The number of hydrogen-bond acceptors (Lipinski definition) is 14. The van der Waals surface area contributed by atoms with E-state index in [1.165, 1.54) is 25.1 Å². The van der Waals surface area contributed by atoms with Crippen molar-refractivity contribution in [2.75, 3.05) is 19.8 Å². The van der Waals surface area contributed by atoms with E-state index < -0.39 is 80.8 Å². The standard InChI is InChI=1S/C41H51ClN2O14/c1-6-35(49)58-41(24(2)19-31-30-14-11-27-21-28(46)15-16-38(27,4)40(30,42)33(47)22-39(31,41)5)34(48)23-55-37(51)57-29-12-9-26(10-13-29)20-32(43-25(3)45)36(50)54-17-7-8-18-56-44(52)53/h9-10,12-13,15-16,21,24,30-33,47H,6-8,11,14,17-20,22-23H2,1-5H3,(H,43,45)/t24-,30-,31-,32?,33-,38-,39-,40-,41+/m0/s1. The van der Waals surface area contributed by atoms with Gasteiger partial charge in [0, 0.05) is 36.5 Å². The van der Waals surface area contributed by atoms with Gasteiger partial charge < -0.3 is 34.2 Å². The van der Waals surface area contributed by atoms with Crippen molar-refractivity contribution in [2.24, 2.45) is 28.6 Å². The molecule has 0 radical (unpaired) electrons. The highest BCUT2D eigenvalue weighted by atomic mass is 35.5. The first-order valence-electron chi connectivity index (χ1n) is 19.5. The second-order valence-corrected chi connectivity index (χ2v) is 16.7. The second-order valence-electron chi connectivity index (χ2n) is 16.1. The van der Waals surface area contributed by atoms with Gasteiger partial charge in [0.05, 0.1) is 24.2 Å². The first-order valence-corrected chi connectivity index (χ1v) is 19.9. The summed E-state index contributed by atoms with van der Waals surface area (Å²) in [6.45, 7) is 7.48. The molecule has 1 unspecified atom stereocenters. The average molecular weight is 831 g/mol. The summed E-state index contributed by atoms with van der Waals surface area (Å²) in [6.07, 6.45) is 4.68. The summed E-state index contributed by atoms with van der Waals surface area (Å²) in [5.74, 6) is -3.66. The number of alkyl halides is 1. The number of unbranched alkanes of at least 4 members (excludes halogenated alkanes) is 1. The molecule has 5 rings (SSSR count). The fraction of sp³-hybridized carbons (Fsp3) is 0.610. The predicted molar refractivity (Wildman–Crippen MR) is 205 cm³/mol. The van der Waals surface area contributed by atoms with Crippen LogP contribution in [-0.2, 0) is 49.4 Å². The predicted octanol–water partition coefficient (Wildman–Crippen LogP) is 4.93. The number of ketones is 2. The van der Waals surface area contributed by atoms with Gasteiger partial charge in [-0.25, -0.2) is 9.59 Å². The summed E-state index contributed by atoms with van der Waals surface area (Å²) in [7, 11) is 0. The molecule has 316 valence electrons. The SMILES string of the molecule is CCC(=O)O[C@@]1(C(=O)COC(=O)Oc2ccc(CC(NC(C)=O)C(=O)OCCCCO[N+](=O)[O-])cc2)[C@@H](C)C[C@H]2[C@@H]3CCC4=CC(=O)C=C[C@]4(C)[C@@]3(Cl)[C@@H](O)C[C@@]21C. The molecule has 0 saturated heterocycles. The number of benzene rings is 1. The van der Waals surface area contributed by atoms with Gasteiger partial charge in [-0.05, 0) is 80.2 Å². The third-order valence-electron chi connectivity index (χ3n) is 12.7. The van der Waals surface area contributed by atoms with E-state index >= 15 is 0 Å². The first kappa shape index (κ1) is 44.3. The van der Waals surface area contributed by atoms with Gasteiger partial charge in [0.15, 0.2) is 18.0 Å². The van der Waals surface area contributed by atoms with Gasteiger partial charge in [-0.15, -0.1) is 21.7 Å². The number of rotatable bonds is 16. The minimum Gasteiger partial charge on any atom is -0.464 e. The summed E-state index contributed by atoms with van der Waals surface area (Å²) in [6, 6.07) is 4.94. The largest absolute Gasteiger partial charge is 0.514 e. The van der Waals surface area contributed by atoms with Crippen LogP contribution in [0.25, 0.3) is 0 Å². The first-order chi connectivity index (χ1) is 27.3. The molecule has 3 saturated carbocycles. The van der Waals surface area contributed by atoms with Crippen molar-refractivity contribution in [3.8, 4) is 5.75 Å². The van der Waals surface area contributed by atoms with E-state index in [1.807, 2.05) is 20.8 Å². The van der Waals surface area contributed by atoms with Crippen LogP contribution in [0.2, 0.25) is 0 Å². The number of Topliss-reactive ketones (excluding diaryl/α,β-unsaturated/α-hetero) is 1. The number of carbonyl (C=O) groups excluding carboxylic acids is 6. The minimum atomic E-state index is -1.77. The summed E-state index contributed by atoms with van der Waals surface area (Å²) in [4.78, 5) is 90.6. The number of allylic oxidation sites excluding steroid dienone is 4. The number of aliphatic hydroxyl groups is 1. The van der Waals surface area contributed by atoms with E-state index in [1.54, 1.807) is 31.2 Å². The van der Waals surface area contributed by atoms with Crippen LogP contribution < -0.4 is 10.1 Å². The van der Waals surface area contributed by atoms with Gasteiger partial charge in [-0.2, -0.15) is 0 Å². The number of hydrogen-bond donors (Lipinski definition) is 2. The van der Waals surface area contributed by atoms with E-state index in [4.69, 9.17) is 30.5 Å². The molecule has 0 aliphatic heterocycles. The Kier molecular flexibility index (Phi) is 13.4. The van der Waals surface area contributed by atoms with Gasteiger partial charge in [0.1, 0.15) is 11.8 Å². The highest BCUT2D eigenvalue weighted by molar-refractivity contribution is 6.26. The lowest BCUT2D eigenvalue weighted by Gasteiger charge is -2.64. The maximum Gasteiger partial charge on any atom is 0.514 e. The van der Waals surface area contributed by atoms with Crippen molar-refractivity contribution in [3.63, 3.8) is 0 Å². The highest BCUT2D eigenvalue weighted by Gasteiger charge is 2.76. The lowest BCUT2D eigenvalue weighted by atomic mass is 9.45. The number of esters is 2. The van der Waals surface area contributed by atoms with Gasteiger partial charge >= 0.3 is 18.1 Å². The Morgan fingerprint density at radius 3 is 2.41 bits per heavy atom. The Morgan fingerprint density at radius 2 is 1.76 bits per heavy atom. The Hall–Kier alpha value is -4.83. The van der Waals surface area contributed by atoms with Gasteiger partial charge in [0.25, 0.3) is 5.09 Å². The fourth-order valence-electron chi connectivity index (χ4n) is 9.99. The van der Waals surface area contributed by atoms with E-state index in [9.17, 15) is 44.0 Å². The number of halogens is 1. The minimum absolute atomic E-state index is 0.00807. The highest BCUT2D eigenvalue weighted by Crippen LogP contribution is 2.72. The van der Waals surface area contributed by atoms with Crippen LogP contribution in [0, 0.1) is 38.7 Å². The van der Waals surface area contributed by atoms with E-state index in [0.29, 0.717) is 31.2 Å². The Labute approximate surface area is 341 Å². The van der Waals surface area contributed by atoms with E-state index in [-0.39, 0.29) is 62.3 Å². The number of aliphatic hydroxyl groups excluding tert-OH is 1. The van der Waals surface area contributed by atoms with Crippen LogP contribution in [0.4, 0.5) is 4.79 Å². The maximum absolute atomic E-state index is 14.5. The van der Waals surface area contributed by atoms with Crippen LogP contribution in [0.15, 0.2) is 48.1 Å². The van der Waals surface area contributed by atoms with Crippen LogP contribution in [0.1, 0.15) is 85.1 Å². The molecule has 2 N–H and O–H groups in total. The fourth-order valence-corrected chi connectivity index (χ4v) is 10.5. The lowest BCUT2D eigenvalue weighted by molar-refractivity contribution is -0.757. The molecule has 0 bridgehead atoms. The molecule has 0 spiro atoms. The molecule has 4 aliphatic rings. The second kappa shape index (κ2) is 17.6. The topological polar surface area (TPSA) is 224 Å². The molecular formula is C41H51ClN2O14. The molecule has 0 heterocycles. The van der Waals surface area contributed by atoms with Crippen molar-refractivity contribution in [1.82, 2.24) is 5.32 Å². The average Bonchev–Trinajstić information content (AvgIpc) is 3.38. The number of ether oxygens (including phenoxy) is 4. The van der Waals surface area contributed by atoms with Crippen molar-refractivity contribution in [3.05, 3.63) is 63.7 Å². The number of amides is 1. The smallest absolute Gasteiger partial charge is 0.464 e. The van der Waals surface area contributed by atoms with Crippen molar-refractivity contribution >= 4 is 47.2 Å². The zero-order valence-corrected chi connectivity index (χ0v) is 34.0. The number of carbonyl (C=O) groups is 6. The Bertz CT molecular complexity index is 1870. The third kappa shape index (κ3) is 8.35. The van der Waals surface area contributed by atoms with Crippen LogP contribution in [0.3, 0.4) is 0 Å². The molecule has 16 nitrogen and oxygen atoms in total. The summed E-state index contributed by atoms with van der Waals surface area (Å²) in [5, 5.41) is 23.9.